The lowest BCUT2D eigenvalue weighted by molar-refractivity contribution is -0.122. The van der Waals surface area contributed by atoms with Crippen molar-refractivity contribution >= 4 is 17.2 Å². The van der Waals surface area contributed by atoms with E-state index in [0.717, 1.165) is 31.7 Å². The summed E-state index contributed by atoms with van der Waals surface area (Å²) in [5, 5.41) is 6.23. The Balaban J connectivity index is 1.66. The second-order valence-corrected chi connectivity index (χ2v) is 6.26. The Bertz CT molecular complexity index is 411. The first kappa shape index (κ1) is 14.5. The number of amides is 1. The molecule has 1 aliphatic rings. The molecular weight excluding hydrogens is 260 g/mol. The maximum Gasteiger partial charge on any atom is 0.220 e. The number of hydrogen-bond acceptors (Lipinski definition) is 4. The number of nitrogens with one attached hydrogen (secondary N) is 1. The van der Waals surface area contributed by atoms with Gasteiger partial charge in [0.2, 0.25) is 5.91 Å². The van der Waals surface area contributed by atoms with Gasteiger partial charge in [0, 0.05) is 43.9 Å². The summed E-state index contributed by atoms with van der Waals surface area (Å²) in [7, 11) is 0. The van der Waals surface area contributed by atoms with Crippen LogP contribution in [0.25, 0.3) is 0 Å². The number of rotatable bonds is 6. The quantitative estimate of drug-likeness (QED) is 0.871. The molecule has 0 bridgehead atoms. The predicted octanol–water partition coefficient (Wildman–Crippen LogP) is 2.35. The van der Waals surface area contributed by atoms with Crippen LogP contribution in [0, 0.1) is 5.92 Å². The van der Waals surface area contributed by atoms with E-state index in [1.54, 1.807) is 11.3 Å². The predicted molar refractivity (Wildman–Crippen MR) is 76.5 cm³/mol. The number of thiazole rings is 1. The fraction of sp³-hybridized carbons (Fsp3) is 0.714. The highest BCUT2D eigenvalue weighted by atomic mass is 32.1. The van der Waals surface area contributed by atoms with Crippen molar-refractivity contribution in [3.05, 3.63) is 16.1 Å². The molecule has 1 amide bonds. The zero-order valence-corrected chi connectivity index (χ0v) is 12.5. The van der Waals surface area contributed by atoms with Crippen molar-refractivity contribution in [1.29, 1.82) is 0 Å². The lowest BCUT2D eigenvalue weighted by Gasteiger charge is -2.07. The standard InChI is InChI=1S/C14H22N2O2S/c1-10(2)14-16-12(9-19-14)3-5-15-13(17)7-11-4-6-18-8-11/h9-11H,3-8H2,1-2H3,(H,15,17). The molecule has 0 spiro atoms. The van der Waals surface area contributed by atoms with Crippen LogP contribution in [0.3, 0.4) is 0 Å². The van der Waals surface area contributed by atoms with Crippen molar-refractivity contribution < 1.29 is 9.53 Å². The summed E-state index contributed by atoms with van der Waals surface area (Å²) in [4.78, 5) is 16.3. The summed E-state index contributed by atoms with van der Waals surface area (Å²) in [5.74, 6) is 1.03. The lowest BCUT2D eigenvalue weighted by atomic mass is 10.1. The van der Waals surface area contributed by atoms with E-state index in [1.165, 1.54) is 5.01 Å². The van der Waals surface area contributed by atoms with Gasteiger partial charge in [-0.3, -0.25) is 4.79 Å². The molecule has 1 atom stereocenters. The van der Waals surface area contributed by atoms with Gasteiger partial charge in [-0.1, -0.05) is 13.8 Å². The van der Waals surface area contributed by atoms with Crippen molar-refractivity contribution in [2.24, 2.45) is 5.92 Å². The molecule has 2 heterocycles. The average Bonchev–Trinajstić information content (AvgIpc) is 3.00. The van der Waals surface area contributed by atoms with Gasteiger partial charge in [-0.15, -0.1) is 11.3 Å². The third-order valence-electron chi connectivity index (χ3n) is 3.26. The van der Waals surface area contributed by atoms with Crippen molar-refractivity contribution in [3.8, 4) is 0 Å². The summed E-state index contributed by atoms with van der Waals surface area (Å²) in [5.41, 5.74) is 1.08. The van der Waals surface area contributed by atoms with Crippen molar-refractivity contribution in [1.82, 2.24) is 10.3 Å². The molecule has 0 radical (unpaired) electrons. The van der Waals surface area contributed by atoms with E-state index in [1.807, 2.05) is 0 Å². The first-order valence-electron chi connectivity index (χ1n) is 6.94. The fourth-order valence-electron chi connectivity index (χ4n) is 2.11. The zero-order valence-electron chi connectivity index (χ0n) is 11.6. The highest BCUT2D eigenvalue weighted by Gasteiger charge is 2.18. The van der Waals surface area contributed by atoms with E-state index in [-0.39, 0.29) is 5.91 Å². The van der Waals surface area contributed by atoms with Gasteiger partial charge in [0.15, 0.2) is 0 Å². The topological polar surface area (TPSA) is 51.2 Å². The van der Waals surface area contributed by atoms with Crippen LogP contribution >= 0.6 is 11.3 Å². The van der Waals surface area contributed by atoms with Crippen LogP contribution in [0.15, 0.2) is 5.38 Å². The van der Waals surface area contributed by atoms with Gasteiger partial charge in [0.25, 0.3) is 0 Å². The van der Waals surface area contributed by atoms with E-state index in [2.05, 4.69) is 29.5 Å². The second-order valence-electron chi connectivity index (χ2n) is 5.37. The lowest BCUT2D eigenvalue weighted by Crippen LogP contribution is -2.27. The molecule has 1 saturated heterocycles. The van der Waals surface area contributed by atoms with Crippen molar-refractivity contribution in [2.75, 3.05) is 19.8 Å². The van der Waals surface area contributed by atoms with E-state index in [9.17, 15) is 4.79 Å². The van der Waals surface area contributed by atoms with Gasteiger partial charge in [-0.2, -0.15) is 0 Å². The Morgan fingerprint density at radius 2 is 2.47 bits per heavy atom. The summed E-state index contributed by atoms with van der Waals surface area (Å²) < 4.78 is 5.27. The molecule has 4 nitrogen and oxygen atoms in total. The minimum atomic E-state index is 0.134. The van der Waals surface area contributed by atoms with Gasteiger partial charge in [-0.25, -0.2) is 4.98 Å². The number of nitrogens with zero attached hydrogens (tertiary/aromatic N) is 1. The number of carbonyl (C=O) groups is 1. The van der Waals surface area contributed by atoms with Gasteiger partial charge in [0.05, 0.1) is 10.7 Å². The molecule has 19 heavy (non-hydrogen) atoms. The molecule has 0 aromatic carbocycles. The van der Waals surface area contributed by atoms with E-state index in [4.69, 9.17) is 4.74 Å². The molecule has 1 unspecified atom stereocenters. The monoisotopic (exact) mass is 282 g/mol. The Labute approximate surface area is 118 Å². The second kappa shape index (κ2) is 7.01. The van der Waals surface area contributed by atoms with Gasteiger partial charge < -0.3 is 10.1 Å². The Morgan fingerprint density at radius 1 is 1.63 bits per heavy atom. The largest absolute Gasteiger partial charge is 0.381 e. The van der Waals surface area contributed by atoms with E-state index < -0.39 is 0 Å². The molecule has 1 aliphatic heterocycles. The normalized spacial score (nSPS) is 19.0. The van der Waals surface area contributed by atoms with Crippen LogP contribution in [-0.2, 0) is 16.0 Å². The molecule has 2 rings (SSSR count). The smallest absolute Gasteiger partial charge is 0.220 e. The number of aromatic nitrogens is 1. The van der Waals surface area contributed by atoms with Crippen LogP contribution in [0.4, 0.5) is 0 Å². The highest BCUT2D eigenvalue weighted by molar-refractivity contribution is 7.09. The number of carbonyl (C=O) groups excluding carboxylic acids is 1. The molecule has 5 heteroatoms. The summed E-state index contributed by atoms with van der Waals surface area (Å²) in [6, 6.07) is 0. The molecule has 1 aromatic rings. The van der Waals surface area contributed by atoms with Crippen LogP contribution in [0.2, 0.25) is 0 Å². The van der Waals surface area contributed by atoms with Gasteiger partial charge in [-0.05, 0) is 12.3 Å². The Kier molecular flexibility index (Phi) is 5.34. The van der Waals surface area contributed by atoms with Crippen molar-refractivity contribution in [2.45, 2.75) is 39.0 Å². The minimum absolute atomic E-state index is 0.134. The Hall–Kier alpha value is -0.940. The van der Waals surface area contributed by atoms with E-state index in [0.29, 0.717) is 24.8 Å². The van der Waals surface area contributed by atoms with E-state index >= 15 is 0 Å². The fourth-order valence-corrected chi connectivity index (χ4v) is 2.98. The molecule has 0 saturated carbocycles. The first-order chi connectivity index (χ1) is 9.15. The maximum atomic E-state index is 11.7. The maximum absolute atomic E-state index is 11.7. The number of ether oxygens (including phenoxy) is 1. The summed E-state index contributed by atoms with van der Waals surface area (Å²) in [6.07, 6.45) is 2.42. The minimum Gasteiger partial charge on any atom is -0.381 e. The third kappa shape index (κ3) is 4.58. The molecule has 1 fully saturated rings. The van der Waals surface area contributed by atoms with Crippen LogP contribution in [0.5, 0.6) is 0 Å². The molecule has 106 valence electrons. The highest BCUT2D eigenvalue weighted by Crippen LogP contribution is 2.19. The molecule has 1 N–H and O–H groups in total. The number of hydrogen-bond donors (Lipinski definition) is 1. The third-order valence-corrected chi connectivity index (χ3v) is 4.46. The SMILES string of the molecule is CC(C)c1nc(CCNC(=O)CC2CCOC2)cs1. The zero-order chi connectivity index (χ0) is 13.7. The van der Waals surface area contributed by atoms with Crippen LogP contribution in [0.1, 0.15) is 43.3 Å². The van der Waals surface area contributed by atoms with Gasteiger partial charge in [0.1, 0.15) is 0 Å². The molecule has 1 aromatic heterocycles. The molecular formula is C14H22N2O2S. The average molecular weight is 282 g/mol. The van der Waals surface area contributed by atoms with Gasteiger partial charge >= 0.3 is 0 Å². The molecule has 0 aliphatic carbocycles. The van der Waals surface area contributed by atoms with Crippen LogP contribution < -0.4 is 5.32 Å². The first-order valence-corrected chi connectivity index (χ1v) is 7.82. The van der Waals surface area contributed by atoms with Crippen LogP contribution in [-0.4, -0.2) is 30.6 Å². The summed E-state index contributed by atoms with van der Waals surface area (Å²) in [6.45, 7) is 6.50. The van der Waals surface area contributed by atoms with Crippen molar-refractivity contribution in [3.63, 3.8) is 0 Å². The summed E-state index contributed by atoms with van der Waals surface area (Å²) >= 11 is 1.70. The Morgan fingerprint density at radius 3 is 3.11 bits per heavy atom.